The highest BCUT2D eigenvalue weighted by molar-refractivity contribution is 7.11. The van der Waals surface area contributed by atoms with E-state index in [1.807, 2.05) is 13.1 Å². The van der Waals surface area contributed by atoms with Crippen molar-refractivity contribution in [3.63, 3.8) is 0 Å². The molecular formula is C9H11N5S. The van der Waals surface area contributed by atoms with Crippen LogP contribution >= 0.6 is 11.3 Å². The van der Waals surface area contributed by atoms with Crippen LogP contribution in [0.2, 0.25) is 0 Å². The summed E-state index contributed by atoms with van der Waals surface area (Å²) in [6.07, 6.45) is 1.86. The van der Waals surface area contributed by atoms with Gasteiger partial charge in [-0.05, 0) is 19.1 Å². The van der Waals surface area contributed by atoms with Gasteiger partial charge >= 0.3 is 0 Å². The molecule has 6 heteroatoms. The summed E-state index contributed by atoms with van der Waals surface area (Å²) in [5, 5.41) is 11.9. The van der Waals surface area contributed by atoms with E-state index in [-0.39, 0.29) is 0 Å². The lowest BCUT2D eigenvalue weighted by Crippen LogP contribution is -2.02. The Hall–Kier alpha value is -1.69. The third-order valence-corrected chi connectivity index (χ3v) is 2.71. The van der Waals surface area contributed by atoms with Gasteiger partial charge in [-0.3, -0.25) is 0 Å². The molecule has 0 amide bonds. The number of nitrogens with one attached hydrogen (secondary N) is 1. The Balaban J connectivity index is 1.96. The average Bonchev–Trinajstić information content (AvgIpc) is 2.64. The fourth-order valence-electron chi connectivity index (χ4n) is 1.10. The third-order valence-electron chi connectivity index (χ3n) is 1.80. The number of nitrogen functional groups attached to an aromatic ring is 1. The molecule has 0 radical (unpaired) electrons. The molecule has 5 nitrogen and oxygen atoms in total. The summed E-state index contributed by atoms with van der Waals surface area (Å²) >= 11 is 1.66. The van der Waals surface area contributed by atoms with Crippen molar-refractivity contribution in [3.8, 4) is 0 Å². The number of aryl methyl sites for hydroxylation is 1. The number of hydrogen-bond acceptors (Lipinski definition) is 6. The van der Waals surface area contributed by atoms with E-state index in [9.17, 15) is 0 Å². The molecule has 0 spiro atoms. The van der Waals surface area contributed by atoms with Crippen LogP contribution in [0.5, 0.6) is 0 Å². The normalized spacial score (nSPS) is 10.2. The lowest BCUT2D eigenvalue weighted by atomic mass is 10.4. The standard InChI is InChI=1S/C9H11N5S/c1-6-11-4-7(15-6)5-12-9-3-2-8(10)13-14-9/h2-4H,5H2,1H3,(H2,10,13)(H,12,14). The molecule has 2 heterocycles. The van der Waals surface area contributed by atoms with Crippen LogP contribution in [-0.4, -0.2) is 15.2 Å². The second-order valence-corrected chi connectivity index (χ2v) is 4.36. The zero-order chi connectivity index (χ0) is 10.7. The van der Waals surface area contributed by atoms with Gasteiger partial charge in [-0.1, -0.05) is 0 Å². The van der Waals surface area contributed by atoms with Crippen molar-refractivity contribution in [3.05, 3.63) is 28.2 Å². The van der Waals surface area contributed by atoms with Gasteiger partial charge in [0.15, 0.2) is 0 Å². The first-order valence-electron chi connectivity index (χ1n) is 4.48. The Morgan fingerprint density at radius 3 is 2.87 bits per heavy atom. The Kier molecular flexibility index (Phi) is 2.77. The number of hydrogen-bond donors (Lipinski definition) is 2. The molecule has 0 saturated heterocycles. The van der Waals surface area contributed by atoms with Crippen LogP contribution in [0.4, 0.5) is 11.6 Å². The topological polar surface area (TPSA) is 76.7 Å². The minimum absolute atomic E-state index is 0.425. The van der Waals surface area contributed by atoms with Gasteiger partial charge in [-0.15, -0.1) is 21.5 Å². The fraction of sp³-hybridized carbons (Fsp3) is 0.222. The van der Waals surface area contributed by atoms with Gasteiger partial charge in [0.1, 0.15) is 11.6 Å². The number of nitrogens with zero attached hydrogens (tertiary/aromatic N) is 3. The van der Waals surface area contributed by atoms with Crippen LogP contribution < -0.4 is 11.1 Å². The highest BCUT2D eigenvalue weighted by Crippen LogP contribution is 2.13. The van der Waals surface area contributed by atoms with Crippen LogP contribution in [0.1, 0.15) is 9.88 Å². The fourth-order valence-corrected chi connectivity index (χ4v) is 1.84. The quantitative estimate of drug-likeness (QED) is 0.820. The van der Waals surface area contributed by atoms with Crippen molar-refractivity contribution >= 4 is 23.0 Å². The summed E-state index contributed by atoms with van der Waals surface area (Å²) in [7, 11) is 0. The summed E-state index contributed by atoms with van der Waals surface area (Å²) in [5.74, 6) is 1.14. The minimum Gasteiger partial charge on any atom is -0.382 e. The maximum absolute atomic E-state index is 5.43. The molecule has 0 unspecified atom stereocenters. The first kappa shape index (κ1) is 9.85. The number of rotatable bonds is 3. The average molecular weight is 221 g/mol. The van der Waals surface area contributed by atoms with Crippen molar-refractivity contribution in [1.82, 2.24) is 15.2 Å². The molecule has 2 aromatic rings. The van der Waals surface area contributed by atoms with Gasteiger partial charge in [0.25, 0.3) is 0 Å². The number of thiazole rings is 1. The van der Waals surface area contributed by atoms with Crippen molar-refractivity contribution in [2.24, 2.45) is 0 Å². The first-order chi connectivity index (χ1) is 7.24. The molecule has 0 aliphatic carbocycles. The molecule has 0 aliphatic rings. The SMILES string of the molecule is Cc1ncc(CNc2ccc(N)nn2)s1. The first-order valence-corrected chi connectivity index (χ1v) is 5.30. The van der Waals surface area contributed by atoms with Gasteiger partial charge in [0.2, 0.25) is 0 Å². The van der Waals surface area contributed by atoms with E-state index < -0.39 is 0 Å². The van der Waals surface area contributed by atoms with Crippen LogP contribution in [0.3, 0.4) is 0 Å². The second-order valence-electron chi connectivity index (χ2n) is 3.04. The van der Waals surface area contributed by atoms with Crippen molar-refractivity contribution in [2.75, 3.05) is 11.1 Å². The molecule has 2 rings (SSSR count). The van der Waals surface area contributed by atoms with Gasteiger partial charge in [-0.2, -0.15) is 0 Å². The van der Waals surface area contributed by atoms with Gasteiger partial charge in [-0.25, -0.2) is 4.98 Å². The van der Waals surface area contributed by atoms with E-state index in [1.165, 1.54) is 4.88 Å². The smallest absolute Gasteiger partial charge is 0.149 e. The molecular weight excluding hydrogens is 210 g/mol. The molecule has 78 valence electrons. The van der Waals surface area contributed by atoms with Crippen LogP contribution in [-0.2, 0) is 6.54 Å². The molecule has 2 aromatic heterocycles. The highest BCUT2D eigenvalue weighted by atomic mass is 32.1. The van der Waals surface area contributed by atoms with E-state index in [4.69, 9.17) is 5.73 Å². The summed E-state index contributed by atoms with van der Waals surface area (Å²) in [4.78, 5) is 5.34. The molecule has 0 bridgehead atoms. The lowest BCUT2D eigenvalue weighted by Gasteiger charge is -2.01. The number of nitrogens with two attached hydrogens (primary N) is 1. The monoisotopic (exact) mass is 221 g/mol. The Bertz CT molecular complexity index is 436. The van der Waals surface area contributed by atoms with E-state index in [1.54, 1.807) is 23.5 Å². The summed E-state index contributed by atoms with van der Waals surface area (Å²) in [5.41, 5.74) is 5.43. The largest absolute Gasteiger partial charge is 0.382 e. The van der Waals surface area contributed by atoms with Crippen LogP contribution in [0, 0.1) is 6.92 Å². The Morgan fingerprint density at radius 1 is 1.40 bits per heavy atom. The molecule has 15 heavy (non-hydrogen) atoms. The molecule has 0 aliphatic heterocycles. The van der Waals surface area contributed by atoms with Gasteiger partial charge in [0, 0.05) is 11.1 Å². The van der Waals surface area contributed by atoms with Crippen LogP contribution in [0.15, 0.2) is 18.3 Å². The molecule has 0 aromatic carbocycles. The van der Waals surface area contributed by atoms with Crippen molar-refractivity contribution < 1.29 is 0 Å². The predicted octanol–water partition coefficient (Wildman–Crippen LogP) is 1.44. The van der Waals surface area contributed by atoms with Crippen molar-refractivity contribution in [1.29, 1.82) is 0 Å². The second kappa shape index (κ2) is 4.22. The molecule has 0 saturated carbocycles. The summed E-state index contributed by atoms with van der Waals surface area (Å²) in [6.45, 7) is 2.70. The maximum atomic E-state index is 5.43. The summed E-state index contributed by atoms with van der Waals surface area (Å²) in [6, 6.07) is 3.52. The van der Waals surface area contributed by atoms with E-state index in [2.05, 4.69) is 20.5 Å². The van der Waals surface area contributed by atoms with Crippen LogP contribution in [0.25, 0.3) is 0 Å². The Labute approximate surface area is 91.4 Å². The number of anilines is 2. The van der Waals surface area contributed by atoms with Crippen molar-refractivity contribution in [2.45, 2.75) is 13.5 Å². The Morgan fingerprint density at radius 2 is 2.27 bits per heavy atom. The molecule has 3 N–H and O–H groups in total. The van der Waals surface area contributed by atoms with E-state index in [0.717, 1.165) is 10.8 Å². The minimum atomic E-state index is 0.425. The number of aromatic nitrogens is 3. The molecule has 0 fully saturated rings. The zero-order valence-corrected chi connectivity index (χ0v) is 9.08. The van der Waals surface area contributed by atoms with Gasteiger partial charge < -0.3 is 11.1 Å². The van der Waals surface area contributed by atoms with Gasteiger partial charge in [0.05, 0.1) is 11.6 Å². The van der Waals surface area contributed by atoms with E-state index >= 15 is 0 Å². The predicted molar refractivity (Wildman–Crippen MR) is 60.6 cm³/mol. The highest BCUT2D eigenvalue weighted by Gasteiger charge is 1.99. The maximum Gasteiger partial charge on any atom is 0.149 e. The third kappa shape index (κ3) is 2.63. The summed E-state index contributed by atoms with van der Waals surface area (Å²) < 4.78 is 0. The van der Waals surface area contributed by atoms with E-state index in [0.29, 0.717) is 12.4 Å². The molecule has 0 atom stereocenters. The zero-order valence-electron chi connectivity index (χ0n) is 8.27. The lowest BCUT2D eigenvalue weighted by molar-refractivity contribution is 1.01.